The van der Waals surface area contributed by atoms with E-state index in [1.54, 1.807) is 24.3 Å². The predicted octanol–water partition coefficient (Wildman–Crippen LogP) is 4.31. The number of hydrogen-bond donors (Lipinski definition) is 1. The molecule has 0 aromatic heterocycles. The number of halogens is 3. The van der Waals surface area contributed by atoms with Gasteiger partial charge in [-0.3, -0.25) is 0 Å². The van der Waals surface area contributed by atoms with Crippen molar-refractivity contribution in [2.24, 2.45) is 0 Å². The predicted molar refractivity (Wildman–Crippen MR) is 85.9 cm³/mol. The van der Waals surface area contributed by atoms with Gasteiger partial charge in [0.25, 0.3) is 0 Å². The molecule has 0 heterocycles. The van der Waals surface area contributed by atoms with Crippen molar-refractivity contribution in [1.82, 2.24) is 0 Å². The van der Waals surface area contributed by atoms with E-state index in [0.29, 0.717) is 20.7 Å². The summed E-state index contributed by atoms with van der Waals surface area (Å²) in [7, 11) is -3.55. The van der Waals surface area contributed by atoms with Gasteiger partial charge in [-0.15, -0.1) is 0 Å². The molecular formula is C13H10BrCl2NO2S. The molecule has 0 unspecified atom stereocenters. The number of sulfone groups is 1. The third kappa shape index (κ3) is 3.28. The van der Waals surface area contributed by atoms with E-state index in [0.717, 1.165) is 0 Å². The van der Waals surface area contributed by atoms with E-state index in [-0.39, 0.29) is 15.7 Å². The fraction of sp³-hybridized carbons (Fsp3) is 0.0769. The van der Waals surface area contributed by atoms with Crippen LogP contribution in [0.15, 0.2) is 45.8 Å². The molecule has 7 heteroatoms. The van der Waals surface area contributed by atoms with Gasteiger partial charge in [0, 0.05) is 10.2 Å². The van der Waals surface area contributed by atoms with Crippen LogP contribution in [0.5, 0.6) is 0 Å². The summed E-state index contributed by atoms with van der Waals surface area (Å²) < 4.78 is 25.3. The number of benzene rings is 2. The van der Waals surface area contributed by atoms with Gasteiger partial charge in [-0.05, 0) is 45.8 Å². The maximum absolute atomic E-state index is 12.4. The largest absolute Gasteiger partial charge is 0.399 e. The number of anilines is 1. The Hall–Kier alpha value is -0.750. The molecule has 2 aromatic rings. The zero-order valence-electron chi connectivity index (χ0n) is 10.1. The fourth-order valence-electron chi connectivity index (χ4n) is 1.71. The Morgan fingerprint density at radius 2 is 1.85 bits per heavy atom. The van der Waals surface area contributed by atoms with E-state index in [1.807, 2.05) is 0 Å². The number of rotatable bonds is 3. The minimum atomic E-state index is -3.55. The van der Waals surface area contributed by atoms with Gasteiger partial charge in [0.05, 0.1) is 20.7 Å². The van der Waals surface area contributed by atoms with Gasteiger partial charge in [-0.2, -0.15) is 0 Å². The first kappa shape index (κ1) is 15.6. The van der Waals surface area contributed by atoms with Crippen molar-refractivity contribution in [3.63, 3.8) is 0 Å². The van der Waals surface area contributed by atoms with Crippen LogP contribution in [-0.4, -0.2) is 8.42 Å². The third-order valence-electron chi connectivity index (χ3n) is 2.67. The van der Waals surface area contributed by atoms with Crippen LogP contribution in [0.25, 0.3) is 0 Å². The molecule has 3 nitrogen and oxygen atoms in total. The number of nitrogen functional groups attached to an aromatic ring is 1. The summed E-state index contributed by atoms with van der Waals surface area (Å²) in [5.74, 6) is -0.227. The van der Waals surface area contributed by atoms with Crippen LogP contribution in [0.3, 0.4) is 0 Å². The summed E-state index contributed by atoms with van der Waals surface area (Å²) in [4.78, 5) is 0.169. The van der Waals surface area contributed by atoms with Crippen LogP contribution in [0.4, 0.5) is 5.69 Å². The Morgan fingerprint density at radius 3 is 2.50 bits per heavy atom. The lowest BCUT2D eigenvalue weighted by atomic mass is 10.2. The van der Waals surface area contributed by atoms with Crippen LogP contribution in [0.1, 0.15) is 5.56 Å². The molecule has 0 aliphatic rings. The topological polar surface area (TPSA) is 60.2 Å². The highest BCUT2D eigenvalue weighted by Crippen LogP contribution is 2.31. The Balaban J connectivity index is 2.44. The van der Waals surface area contributed by atoms with Crippen molar-refractivity contribution in [2.75, 3.05) is 5.73 Å². The number of hydrogen-bond acceptors (Lipinski definition) is 3. The van der Waals surface area contributed by atoms with Crippen molar-refractivity contribution in [3.8, 4) is 0 Å². The van der Waals surface area contributed by atoms with Crippen LogP contribution in [-0.2, 0) is 15.6 Å². The molecule has 0 aliphatic carbocycles. The molecule has 20 heavy (non-hydrogen) atoms. The van der Waals surface area contributed by atoms with Crippen LogP contribution in [0, 0.1) is 0 Å². The van der Waals surface area contributed by atoms with E-state index in [9.17, 15) is 8.42 Å². The average Bonchev–Trinajstić information content (AvgIpc) is 2.34. The second kappa shape index (κ2) is 5.93. The maximum atomic E-state index is 12.4. The minimum Gasteiger partial charge on any atom is -0.399 e. The molecule has 2 N–H and O–H groups in total. The standard InChI is InChI=1S/C13H10BrCl2NO2S/c14-10-6-9(17)4-5-12(10)20(18,19)7-8-2-1-3-11(15)13(8)16/h1-6H,7,17H2. The highest BCUT2D eigenvalue weighted by atomic mass is 79.9. The summed E-state index contributed by atoms with van der Waals surface area (Å²) >= 11 is 15.1. The Labute approximate surface area is 135 Å². The van der Waals surface area contributed by atoms with Gasteiger partial charge >= 0.3 is 0 Å². The first-order valence-corrected chi connectivity index (χ1v) is 8.72. The summed E-state index contributed by atoms with van der Waals surface area (Å²) in [6, 6.07) is 9.46. The third-order valence-corrected chi connectivity index (χ3v) is 6.16. The van der Waals surface area contributed by atoms with E-state index in [4.69, 9.17) is 28.9 Å². The van der Waals surface area contributed by atoms with Gasteiger partial charge in [0.1, 0.15) is 0 Å². The SMILES string of the molecule is Nc1ccc(S(=O)(=O)Cc2cccc(Cl)c2Cl)c(Br)c1. The molecule has 2 rings (SSSR count). The molecule has 106 valence electrons. The lowest BCUT2D eigenvalue weighted by Crippen LogP contribution is -2.06. The maximum Gasteiger partial charge on any atom is 0.183 e. The van der Waals surface area contributed by atoms with E-state index >= 15 is 0 Å². The van der Waals surface area contributed by atoms with Gasteiger partial charge < -0.3 is 5.73 Å². The van der Waals surface area contributed by atoms with E-state index in [2.05, 4.69) is 15.9 Å². The summed E-state index contributed by atoms with van der Waals surface area (Å²) in [5, 5.41) is 0.583. The second-order valence-electron chi connectivity index (χ2n) is 4.16. The van der Waals surface area contributed by atoms with Crippen molar-refractivity contribution in [2.45, 2.75) is 10.6 Å². The lowest BCUT2D eigenvalue weighted by molar-refractivity contribution is 0.595. The monoisotopic (exact) mass is 393 g/mol. The van der Waals surface area contributed by atoms with Gasteiger partial charge in [0.2, 0.25) is 0 Å². The normalized spacial score (nSPS) is 11.6. The highest BCUT2D eigenvalue weighted by Gasteiger charge is 2.20. The molecule has 0 bridgehead atoms. The van der Waals surface area contributed by atoms with Gasteiger partial charge in [-0.1, -0.05) is 35.3 Å². The quantitative estimate of drug-likeness (QED) is 0.789. The Kier molecular flexibility index (Phi) is 4.64. The van der Waals surface area contributed by atoms with Crippen LogP contribution in [0.2, 0.25) is 10.0 Å². The molecular weight excluding hydrogens is 385 g/mol. The van der Waals surface area contributed by atoms with E-state index < -0.39 is 9.84 Å². The Bertz CT molecular complexity index is 763. The van der Waals surface area contributed by atoms with Crippen molar-refractivity contribution in [1.29, 1.82) is 0 Å². The number of nitrogens with two attached hydrogens (primary N) is 1. The van der Waals surface area contributed by atoms with Crippen molar-refractivity contribution < 1.29 is 8.42 Å². The molecule has 0 spiro atoms. The Morgan fingerprint density at radius 1 is 1.15 bits per heavy atom. The molecule has 0 aliphatic heterocycles. The molecule has 0 atom stereocenters. The van der Waals surface area contributed by atoms with E-state index in [1.165, 1.54) is 12.1 Å². The molecule has 0 amide bonds. The van der Waals surface area contributed by atoms with Gasteiger partial charge in [-0.25, -0.2) is 8.42 Å². The molecule has 0 fully saturated rings. The first-order valence-electron chi connectivity index (χ1n) is 5.52. The minimum absolute atomic E-state index is 0.169. The smallest absolute Gasteiger partial charge is 0.183 e. The van der Waals surface area contributed by atoms with Crippen molar-refractivity contribution >= 4 is 54.7 Å². The van der Waals surface area contributed by atoms with Crippen molar-refractivity contribution in [3.05, 3.63) is 56.5 Å². The summed E-state index contributed by atoms with van der Waals surface area (Å²) in [6.07, 6.45) is 0. The lowest BCUT2D eigenvalue weighted by Gasteiger charge is -2.09. The highest BCUT2D eigenvalue weighted by molar-refractivity contribution is 9.10. The average molecular weight is 395 g/mol. The molecule has 0 saturated carbocycles. The zero-order chi connectivity index (χ0) is 14.9. The summed E-state index contributed by atoms with van der Waals surface area (Å²) in [6.45, 7) is 0. The summed E-state index contributed by atoms with van der Waals surface area (Å²) in [5.41, 5.74) is 6.55. The fourth-order valence-corrected chi connectivity index (χ4v) is 4.75. The van der Waals surface area contributed by atoms with Gasteiger partial charge in [0.15, 0.2) is 9.84 Å². The zero-order valence-corrected chi connectivity index (χ0v) is 14.0. The second-order valence-corrected chi connectivity index (χ2v) is 7.76. The van der Waals surface area contributed by atoms with Crippen LogP contribution < -0.4 is 5.73 Å². The first-order chi connectivity index (χ1) is 9.31. The molecule has 2 aromatic carbocycles. The molecule has 0 radical (unpaired) electrons. The van der Waals surface area contributed by atoms with Crippen LogP contribution >= 0.6 is 39.1 Å². The molecule has 0 saturated heterocycles.